The van der Waals surface area contributed by atoms with Gasteiger partial charge >= 0.3 is 0 Å². The van der Waals surface area contributed by atoms with Crippen molar-refractivity contribution in [3.05, 3.63) is 11.4 Å². The topological polar surface area (TPSA) is 78.3 Å². The zero-order valence-electron chi connectivity index (χ0n) is 5.94. The van der Waals surface area contributed by atoms with Gasteiger partial charge in [-0.25, -0.2) is 4.68 Å². The quantitative estimate of drug-likeness (QED) is 0.561. The molecule has 11 heavy (non-hydrogen) atoms. The van der Waals surface area contributed by atoms with Gasteiger partial charge in [0.25, 0.3) is 0 Å². The summed E-state index contributed by atoms with van der Waals surface area (Å²) in [6, 6.07) is 3.65. The Labute approximate surface area is 63.5 Å². The monoisotopic (exact) mass is 147 g/mol. The Morgan fingerprint density at radius 1 is 1.45 bits per heavy atom. The third-order valence-electron chi connectivity index (χ3n) is 1.25. The minimum Gasteiger partial charge on any atom is -0.234 e. The van der Waals surface area contributed by atoms with E-state index < -0.39 is 0 Å². The Balaban J connectivity index is 3.26. The molecule has 0 saturated heterocycles. The second kappa shape index (κ2) is 2.80. The van der Waals surface area contributed by atoms with Crippen LogP contribution >= 0.6 is 0 Å². The van der Waals surface area contributed by atoms with Crippen molar-refractivity contribution in [1.29, 1.82) is 10.5 Å². The summed E-state index contributed by atoms with van der Waals surface area (Å²) in [6.45, 7) is 2.38. The normalized spacial score (nSPS) is 8.64. The summed E-state index contributed by atoms with van der Waals surface area (Å²) < 4.78 is 1.39. The van der Waals surface area contributed by atoms with Gasteiger partial charge in [-0.1, -0.05) is 5.21 Å². The van der Waals surface area contributed by atoms with Crippen LogP contribution < -0.4 is 0 Å². The largest absolute Gasteiger partial charge is 0.234 e. The molecular weight excluding hydrogens is 142 g/mol. The number of nitrogens with zero attached hydrogens (tertiary/aromatic N) is 5. The van der Waals surface area contributed by atoms with Crippen LogP contribution in [0, 0.1) is 22.7 Å². The molecule has 0 N–H and O–H groups in total. The number of rotatable bonds is 1. The molecule has 0 aromatic carbocycles. The summed E-state index contributed by atoms with van der Waals surface area (Å²) in [6.07, 6.45) is 0. The molecule has 0 amide bonds. The molecule has 0 aliphatic rings. The maximum atomic E-state index is 8.55. The first-order valence-electron chi connectivity index (χ1n) is 3.07. The van der Waals surface area contributed by atoms with E-state index in [0.717, 1.165) is 0 Å². The van der Waals surface area contributed by atoms with E-state index in [0.29, 0.717) is 6.54 Å². The van der Waals surface area contributed by atoms with Crippen LogP contribution in [0.1, 0.15) is 18.3 Å². The average molecular weight is 147 g/mol. The second-order valence-corrected chi connectivity index (χ2v) is 1.83. The number of hydrogen-bond donors (Lipinski definition) is 0. The summed E-state index contributed by atoms with van der Waals surface area (Å²) in [4.78, 5) is 0. The minimum atomic E-state index is 0.0920. The van der Waals surface area contributed by atoms with Crippen molar-refractivity contribution >= 4 is 0 Å². The number of aromatic nitrogens is 3. The van der Waals surface area contributed by atoms with Crippen molar-refractivity contribution in [1.82, 2.24) is 15.0 Å². The Morgan fingerprint density at radius 3 is 2.64 bits per heavy atom. The Morgan fingerprint density at radius 2 is 2.18 bits per heavy atom. The molecule has 0 radical (unpaired) electrons. The van der Waals surface area contributed by atoms with Gasteiger partial charge in [0.15, 0.2) is 5.69 Å². The summed E-state index contributed by atoms with van der Waals surface area (Å²) >= 11 is 0. The lowest BCUT2D eigenvalue weighted by atomic mass is 10.3. The predicted molar refractivity (Wildman–Crippen MR) is 35.1 cm³/mol. The van der Waals surface area contributed by atoms with Crippen molar-refractivity contribution in [2.24, 2.45) is 0 Å². The minimum absolute atomic E-state index is 0.0920. The van der Waals surface area contributed by atoms with Gasteiger partial charge in [-0.05, 0) is 6.92 Å². The van der Waals surface area contributed by atoms with Crippen molar-refractivity contribution < 1.29 is 0 Å². The molecule has 1 heterocycles. The van der Waals surface area contributed by atoms with Crippen molar-refractivity contribution in [3.63, 3.8) is 0 Å². The van der Waals surface area contributed by atoms with Gasteiger partial charge < -0.3 is 0 Å². The fourth-order valence-corrected chi connectivity index (χ4v) is 0.720. The Hall–Kier alpha value is -1.88. The van der Waals surface area contributed by atoms with Crippen LogP contribution in [-0.2, 0) is 6.54 Å². The summed E-state index contributed by atoms with van der Waals surface area (Å²) in [5, 5.41) is 24.1. The maximum absolute atomic E-state index is 8.55. The van der Waals surface area contributed by atoms with E-state index in [1.165, 1.54) is 4.68 Å². The highest BCUT2D eigenvalue weighted by Gasteiger charge is 2.09. The highest BCUT2D eigenvalue weighted by molar-refractivity contribution is 5.34. The first-order chi connectivity index (χ1) is 5.33. The SMILES string of the molecule is CCn1nnc(C#N)c1C#N. The molecule has 5 nitrogen and oxygen atoms in total. The molecular formula is C6H5N5. The first-order valence-corrected chi connectivity index (χ1v) is 3.07. The summed E-state index contributed by atoms with van der Waals surface area (Å²) in [7, 11) is 0. The highest BCUT2D eigenvalue weighted by atomic mass is 15.4. The highest BCUT2D eigenvalue weighted by Crippen LogP contribution is 2.00. The van der Waals surface area contributed by atoms with Gasteiger partial charge in [-0.2, -0.15) is 10.5 Å². The van der Waals surface area contributed by atoms with Crippen LogP contribution in [0.3, 0.4) is 0 Å². The molecule has 54 valence electrons. The molecule has 0 aliphatic heterocycles. The number of nitriles is 2. The van der Waals surface area contributed by atoms with Crippen molar-refractivity contribution in [2.45, 2.75) is 13.5 Å². The van der Waals surface area contributed by atoms with E-state index in [-0.39, 0.29) is 11.4 Å². The van der Waals surface area contributed by atoms with Crippen LogP contribution in [0.5, 0.6) is 0 Å². The Kier molecular flexibility index (Phi) is 1.84. The predicted octanol–water partition coefficient (Wildman–Crippen LogP) is 0.0414. The fourth-order valence-electron chi connectivity index (χ4n) is 0.720. The first kappa shape index (κ1) is 7.23. The molecule has 0 saturated carbocycles. The van der Waals surface area contributed by atoms with E-state index >= 15 is 0 Å². The zero-order valence-corrected chi connectivity index (χ0v) is 5.94. The van der Waals surface area contributed by atoms with E-state index in [9.17, 15) is 0 Å². The lowest BCUT2D eigenvalue weighted by molar-refractivity contribution is 0.620. The van der Waals surface area contributed by atoms with E-state index in [1.54, 1.807) is 6.07 Å². The van der Waals surface area contributed by atoms with Gasteiger partial charge in [-0.3, -0.25) is 0 Å². The van der Waals surface area contributed by atoms with Crippen LogP contribution in [-0.4, -0.2) is 15.0 Å². The van der Waals surface area contributed by atoms with Crippen molar-refractivity contribution in [2.75, 3.05) is 0 Å². The molecule has 0 unspecified atom stereocenters. The van der Waals surface area contributed by atoms with Crippen LogP contribution in [0.2, 0.25) is 0 Å². The van der Waals surface area contributed by atoms with Crippen LogP contribution in [0.4, 0.5) is 0 Å². The lowest BCUT2D eigenvalue weighted by Gasteiger charge is -1.91. The van der Waals surface area contributed by atoms with Crippen molar-refractivity contribution in [3.8, 4) is 12.1 Å². The fraction of sp³-hybridized carbons (Fsp3) is 0.333. The molecule has 0 fully saturated rings. The lowest BCUT2D eigenvalue weighted by Crippen LogP contribution is -1.99. The van der Waals surface area contributed by atoms with Gasteiger partial charge in [0.2, 0.25) is 5.69 Å². The van der Waals surface area contributed by atoms with E-state index in [4.69, 9.17) is 10.5 Å². The van der Waals surface area contributed by atoms with Crippen LogP contribution in [0.15, 0.2) is 0 Å². The zero-order chi connectivity index (χ0) is 8.27. The molecule has 1 rings (SSSR count). The smallest absolute Gasteiger partial charge is 0.200 e. The van der Waals surface area contributed by atoms with Gasteiger partial charge in [0.05, 0.1) is 0 Å². The molecule has 1 aromatic rings. The average Bonchev–Trinajstić information content (AvgIpc) is 2.45. The van der Waals surface area contributed by atoms with E-state index in [1.807, 2.05) is 13.0 Å². The molecule has 0 aliphatic carbocycles. The maximum Gasteiger partial charge on any atom is 0.200 e. The summed E-state index contributed by atoms with van der Waals surface area (Å²) in [5.41, 5.74) is 0.323. The molecule has 0 spiro atoms. The molecule has 0 atom stereocenters. The standard InChI is InChI=1S/C6H5N5/c1-2-11-6(4-8)5(3-7)9-10-11/h2H2,1H3. The van der Waals surface area contributed by atoms with Gasteiger partial charge in [-0.15, -0.1) is 5.10 Å². The van der Waals surface area contributed by atoms with Gasteiger partial charge in [0, 0.05) is 6.54 Å². The molecule has 1 aromatic heterocycles. The molecule has 5 heteroatoms. The summed E-state index contributed by atoms with van der Waals surface area (Å²) in [5.74, 6) is 0. The third kappa shape index (κ3) is 1.04. The Bertz CT molecular complexity index is 337. The van der Waals surface area contributed by atoms with Gasteiger partial charge in [0.1, 0.15) is 12.1 Å². The van der Waals surface area contributed by atoms with E-state index in [2.05, 4.69) is 10.3 Å². The second-order valence-electron chi connectivity index (χ2n) is 1.83. The number of hydrogen-bond acceptors (Lipinski definition) is 4. The molecule has 0 bridgehead atoms. The number of aryl methyl sites for hydroxylation is 1. The third-order valence-corrected chi connectivity index (χ3v) is 1.25. The van der Waals surface area contributed by atoms with Crippen LogP contribution in [0.25, 0.3) is 0 Å².